The van der Waals surface area contributed by atoms with Crippen molar-refractivity contribution in [3.63, 3.8) is 0 Å². The van der Waals surface area contributed by atoms with E-state index in [1.54, 1.807) is 35.2 Å². The molecule has 1 aliphatic heterocycles. The first kappa shape index (κ1) is 25.0. The van der Waals surface area contributed by atoms with Crippen molar-refractivity contribution < 1.29 is 32.0 Å². The van der Waals surface area contributed by atoms with Crippen LogP contribution in [0.4, 0.5) is 0 Å². The van der Waals surface area contributed by atoms with Crippen LogP contribution in [-0.2, 0) is 14.6 Å². The highest BCUT2D eigenvalue weighted by Crippen LogP contribution is 2.19. The number of benzene rings is 2. The molecule has 0 spiro atoms. The molecule has 1 atom stereocenters. The van der Waals surface area contributed by atoms with Crippen LogP contribution >= 0.6 is 0 Å². The van der Waals surface area contributed by atoms with Gasteiger partial charge in [0.15, 0.2) is 5.76 Å². The minimum absolute atomic E-state index is 0.101. The minimum atomic E-state index is -4.27. The molecule has 0 radical (unpaired) electrons. The van der Waals surface area contributed by atoms with Crippen molar-refractivity contribution in [2.45, 2.75) is 10.3 Å². The number of carbonyl (C=O) groups is 3. The first-order chi connectivity index (χ1) is 17.3. The molecule has 3 amide bonds. The summed E-state index contributed by atoms with van der Waals surface area (Å²) in [5, 5.41) is 0.462. The molecule has 10 nitrogen and oxygen atoms in total. The number of piperazine rings is 1. The van der Waals surface area contributed by atoms with Gasteiger partial charge in [0, 0.05) is 31.7 Å². The molecule has 1 saturated heterocycles. The Morgan fingerprint density at radius 1 is 0.889 bits per heavy atom. The summed E-state index contributed by atoms with van der Waals surface area (Å²) in [7, 11) is -2.74. The molecule has 1 unspecified atom stereocenters. The molecule has 11 heteroatoms. The highest BCUT2D eigenvalue weighted by Gasteiger charge is 2.40. The predicted molar refractivity (Wildman–Crippen MR) is 129 cm³/mol. The fourth-order valence-corrected chi connectivity index (χ4v) is 5.31. The zero-order valence-corrected chi connectivity index (χ0v) is 20.3. The van der Waals surface area contributed by atoms with Gasteiger partial charge in [0.2, 0.25) is 15.2 Å². The lowest BCUT2D eigenvalue weighted by molar-refractivity contribution is -0.132. The van der Waals surface area contributed by atoms with Crippen molar-refractivity contribution in [1.82, 2.24) is 15.1 Å². The lowest BCUT2D eigenvalue weighted by atomic mass is 10.1. The Bertz CT molecular complexity index is 1320. The maximum atomic E-state index is 13.4. The summed E-state index contributed by atoms with van der Waals surface area (Å²) in [6, 6.07) is 17.0. The molecule has 1 aliphatic rings. The lowest BCUT2D eigenvalue weighted by Crippen LogP contribution is -2.57. The molecule has 2 heterocycles. The van der Waals surface area contributed by atoms with E-state index in [2.05, 4.69) is 5.32 Å². The Morgan fingerprint density at radius 3 is 2.11 bits per heavy atom. The monoisotopic (exact) mass is 511 g/mol. The number of furan rings is 1. The van der Waals surface area contributed by atoms with Gasteiger partial charge in [-0.05, 0) is 48.5 Å². The van der Waals surface area contributed by atoms with E-state index >= 15 is 0 Å². The second-order valence-corrected chi connectivity index (χ2v) is 10.1. The number of nitrogens with one attached hydrogen (secondary N) is 1. The molecule has 0 saturated carbocycles. The summed E-state index contributed by atoms with van der Waals surface area (Å²) in [5.41, 5.74) is 0.478. The molecule has 0 aliphatic carbocycles. The Kier molecular flexibility index (Phi) is 7.39. The first-order valence-electron chi connectivity index (χ1n) is 11.2. The van der Waals surface area contributed by atoms with Crippen LogP contribution in [0.15, 0.2) is 82.3 Å². The molecule has 0 bridgehead atoms. The van der Waals surface area contributed by atoms with Crippen LogP contribution in [0.25, 0.3) is 0 Å². The Hall–Kier alpha value is -4.12. The molecule has 188 valence electrons. The van der Waals surface area contributed by atoms with Gasteiger partial charge < -0.3 is 24.3 Å². The van der Waals surface area contributed by atoms with Crippen LogP contribution in [0.3, 0.4) is 0 Å². The second kappa shape index (κ2) is 10.6. The third-order valence-corrected chi connectivity index (χ3v) is 7.70. The maximum absolute atomic E-state index is 13.4. The van der Waals surface area contributed by atoms with Crippen molar-refractivity contribution in [1.29, 1.82) is 0 Å². The molecule has 36 heavy (non-hydrogen) atoms. The van der Waals surface area contributed by atoms with Crippen molar-refractivity contribution in [3.8, 4) is 5.75 Å². The van der Waals surface area contributed by atoms with Crippen molar-refractivity contribution in [2.24, 2.45) is 0 Å². The van der Waals surface area contributed by atoms with Crippen molar-refractivity contribution >= 4 is 27.6 Å². The van der Waals surface area contributed by atoms with E-state index in [9.17, 15) is 22.8 Å². The van der Waals surface area contributed by atoms with Gasteiger partial charge in [0.25, 0.3) is 17.7 Å². The van der Waals surface area contributed by atoms with Gasteiger partial charge in [-0.15, -0.1) is 0 Å². The van der Waals surface area contributed by atoms with Crippen molar-refractivity contribution in [2.75, 3.05) is 33.3 Å². The number of sulfone groups is 1. The van der Waals surface area contributed by atoms with Crippen LogP contribution in [-0.4, -0.2) is 74.6 Å². The Morgan fingerprint density at radius 2 is 1.53 bits per heavy atom. The van der Waals surface area contributed by atoms with Gasteiger partial charge in [0.1, 0.15) is 5.75 Å². The highest BCUT2D eigenvalue weighted by molar-refractivity contribution is 7.92. The van der Waals surface area contributed by atoms with E-state index in [1.165, 1.54) is 54.7 Å². The van der Waals surface area contributed by atoms with Crippen LogP contribution in [0.2, 0.25) is 0 Å². The lowest BCUT2D eigenvalue weighted by Gasteiger charge is -2.36. The molecule has 4 rings (SSSR count). The SMILES string of the molecule is COc1ccc(C(=O)N2CCN(C(=O)C(NC(=O)c3ccco3)S(=O)(=O)c3ccccc3)CC2)cc1. The molecule has 1 aromatic heterocycles. The van der Waals surface area contributed by atoms with Gasteiger partial charge in [0.05, 0.1) is 18.3 Å². The standard InChI is InChI=1S/C25H25N3O7S/c1-34-19-11-9-18(10-12-19)24(30)27-13-15-28(16-14-27)25(31)23(26-22(29)21-8-5-17-35-21)36(32,33)20-6-3-2-4-7-20/h2-12,17,23H,13-16H2,1H3,(H,26,29). The number of carbonyl (C=O) groups excluding carboxylic acids is 3. The number of rotatable bonds is 7. The zero-order chi connectivity index (χ0) is 25.7. The number of hydrogen-bond donors (Lipinski definition) is 1. The zero-order valence-electron chi connectivity index (χ0n) is 19.5. The van der Waals surface area contributed by atoms with Gasteiger partial charge in [-0.3, -0.25) is 14.4 Å². The van der Waals surface area contributed by atoms with E-state index < -0.39 is 27.0 Å². The van der Waals surface area contributed by atoms with E-state index in [-0.39, 0.29) is 42.7 Å². The average Bonchev–Trinajstić information content (AvgIpc) is 3.47. The summed E-state index contributed by atoms with van der Waals surface area (Å²) in [6.45, 7) is 0.637. The molecule has 3 aromatic rings. The Balaban J connectivity index is 1.50. The van der Waals surface area contributed by atoms with E-state index in [4.69, 9.17) is 9.15 Å². The number of hydrogen-bond acceptors (Lipinski definition) is 7. The Labute approximate surface area is 208 Å². The number of amides is 3. The minimum Gasteiger partial charge on any atom is -0.497 e. The molecule has 1 fully saturated rings. The summed E-state index contributed by atoms with van der Waals surface area (Å²) in [4.78, 5) is 41.7. The fraction of sp³-hybridized carbons (Fsp3) is 0.240. The first-order valence-corrected chi connectivity index (χ1v) is 12.7. The number of ether oxygens (including phenoxy) is 1. The van der Waals surface area contributed by atoms with E-state index in [0.29, 0.717) is 11.3 Å². The third-order valence-electron chi connectivity index (χ3n) is 5.83. The van der Waals surface area contributed by atoms with Gasteiger partial charge >= 0.3 is 0 Å². The predicted octanol–water partition coefficient (Wildman–Crippen LogP) is 1.80. The summed E-state index contributed by atoms with van der Waals surface area (Å²) < 4.78 is 36.9. The second-order valence-electron chi connectivity index (χ2n) is 8.03. The summed E-state index contributed by atoms with van der Waals surface area (Å²) in [6.07, 6.45) is 1.27. The number of nitrogens with zero attached hydrogens (tertiary/aromatic N) is 2. The maximum Gasteiger partial charge on any atom is 0.288 e. The quantitative estimate of drug-likeness (QED) is 0.513. The largest absolute Gasteiger partial charge is 0.497 e. The average molecular weight is 512 g/mol. The smallest absolute Gasteiger partial charge is 0.288 e. The third kappa shape index (κ3) is 5.25. The summed E-state index contributed by atoms with van der Waals surface area (Å²) in [5.74, 6) is -1.30. The van der Waals surface area contributed by atoms with Crippen LogP contribution in [0.5, 0.6) is 5.75 Å². The highest BCUT2D eigenvalue weighted by atomic mass is 32.2. The van der Waals surface area contributed by atoms with E-state index in [1.807, 2.05) is 0 Å². The summed E-state index contributed by atoms with van der Waals surface area (Å²) >= 11 is 0. The van der Waals surface area contributed by atoms with Crippen LogP contribution < -0.4 is 10.1 Å². The molecule has 1 N–H and O–H groups in total. The van der Waals surface area contributed by atoms with Gasteiger partial charge in [-0.1, -0.05) is 18.2 Å². The topological polar surface area (TPSA) is 126 Å². The van der Waals surface area contributed by atoms with Crippen LogP contribution in [0, 0.1) is 0 Å². The molecular formula is C25H25N3O7S. The molecular weight excluding hydrogens is 486 g/mol. The van der Waals surface area contributed by atoms with Crippen LogP contribution in [0.1, 0.15) is 20.9 Å². The molecule has 2 aromatic carbocycles. The normalized spacial score (nSPS) is 14.7. The van der Waals surface area contributed by atoms with E-state index in [0.717, 1.165) is 0 Å². The fourth-order valence-electron chi connectivity index (χ4n) is 3.83. The van der Waals surface area contributed by atoms with Crippen molar-refractivity contribution in [3.05, 3.63) is 84.3 Å². The number of methoxy groups -OCH3 is 1. The van der Waals surface area contributed by atoms with Gasteiger partial charge in [-0.25, -0.2) is 8.42 Å². The van der Waals surface area contributed by atoms with Gasteiger partial charge in [-0.2, -0.15) is 0 Å².